The molecule has 2 N–H and O–H groups in total. The molecule has 1 atom stereocenters. The van der Waals surface area contributed by atoms with Crippen LogP contribution in [0.1, 0.15) is 24.4 Å². The highest BCUT2D eigenvalue weighted by Gasteiger charge is 2.28. The van der Waals surface area contributed by atoms with Crippen LogP contribution in [0.3, 0.4) is 0 Å². The Morgan fingerprint density at radius 3 is 2.82 bits per heavy atom. The molecular formula is C12H13ClFNO2. The molecule has 1 fully saturated rings. The number of carboxylic acid groups (broad SMARTS) is 1. The molecule has 1 saturated carbocycles. The number of benzene rings is 1. The average Bonchev–Trinajstić information content (AvgIpc) is 3.05. The van der Waals surface area contributed by atoms with Crippen LogP contribution in [0.5, 0.6) is 0 Å². The second kappa shape index (κ2) is 5.02. The van der Waals surface area contributed by atoms with Crippen molar-refractivity contribution < 1.29 is 14.3 Å². The topological polar surface area (TPSA) is 49.3 Å². The van der Waals surface area contributed by atoms with Crippen LogP contribution in [0.25, 0.3) is 0 Å². The predicted molar refractivity (Wildman–Crippen MR) is 62.5 cm³/mol. The molecule has 17 heavy (non-hydrogen) atoms. The van der Waals surface area contributed by atoms with E-state index in [4.69, 9.17) is 16.7 Å². The number of nitrogens with one attached hydrogen (secondary N) is 1. The lowest BCUT2D eigenvalue weighted by Gasteiger charge is -2.16. The smallest absolute Gasteiger partial charge is 0.325 e. The molecule has 0 saturated heterocycles. The fourth-order valence-corrected chi connectivity index (χ4v) is 1.98. The number of carboxylic acids is 1. The molecule has 0 heterocycles. The lowest BCUT2D eigenvalue weighted by atomic mass is 10.1. The van der Waals surface area contributed by atoms with E-state index in [1.54, 1.807) is 0 Å². The molecule has 0 aromatic heterocycles. The van der Waals surface area contributed by atoms with Crippen LogP contribution in [-0.4, -0.2) is 17.6 Å². The van der Waals surface area contributed by atoms with Crippen molar-refractivity contribution >= 4 is 17.6 Å². The van der Waals surface area contributed by atoms with Crippen molar-refractivity contribution in [3.05, 3.63) is 34.6 Å². The van der Waals surface area contributed by atoms with Crippen molar-refractivity contribution in [2.45, 2.75) is 18.9 Å². The van der Waals surface area contributed by atoms with Crippen molar-refractivity contribution in [2.24, 2.45) is 5.92 Å². The molecule has 0 bridgehead atoms. The minimum atomic E-state index is -1.11. The maximum Gasteiger partial charge on any atom is 0.325 e. The van der Waals surface area contributed by atoms with Gasteiger partial charge in [0, 0.05) is 10.6 Å². The van der Waals surface area contributed by atoms with E-state index in [1.807, 2.05) is 0 Å². The summed E-state index contributed by atoms with van der Waals surface area (Å²) in [6.07, 6.45) is 2.20. The third kappa shape index (κ3) is 2.96. The number of hydrogen-bond donors (Lipinski definition) is 2. The summed E-state index contributed by atoms with van der Waals surface area (Å²) >= 11 is 5.86. The summed E-state index contributed by atoms with van der Waals surface area (Å²) in [5, 5.41) is 12.1. The predicted octanol–water partition coefficient (Wildman–Crippen LogP) is 2.60. The highest BCUT2D eigenvalue weighted by molar-refractivity contribution is 6.31. The number of aliphatic carboxylic acids is 1. The minimum Gasteiger partial charge on any atom is -0.480 e. The van der Waals surface area contributed by atoms with E-state index in [-0.39, 0.29) is 10.6 Å². The van der Waals surface area contributed by atoms with Crippen molar-refractivity contribution in [1.82, 2.24) is 5.32 Å². The van der Waals surface area contributed by atoms with Gasteiger partial charge in [0.05, 0.1) is 0 Å². The Labute approximate surface area is 104 Å². The average molecular weight is 258 g/mol. The van der Waals surface area contributed by atoms with E-state index in [9.17, 15) is 9.18 Å². The van der Waals surface area contributed by atoms with E-state index in [1.165, 1.54) is 18.2 Å². The Balaban J connectivity index is 2.21. The van der Waals surface area contributed by atoms with Gasteiger partial charge in [0.25, 0.3) is 0 Å². The maximum atomic E-state index is 13.6. The zero-order chi connectivity index (χ0) is 12.4. The minimum absolute atomic E-state index is 0.0160. The van der Waals surface area contributed by atoms with E-state index in [0.717, 1.165) is 12.8 Å². The van der Waals surface area contributed by atoms with Crippen molar-refractivity contribution in [3.8, 4) is 0 Å². The van der Waals surface area contributed by atoms with Gasteiger partial charge in [-0.25, -0.2) is 4.39 Å². The van der Waals surface area contributed by atoms with Gasteiger partial charge in [0.1, 0.15) is 11.9 Å². The monoisotopic (exact) mass is 257 g/mol. The molecule has 1 aliphatic carbocycles. The lowest BCUT2D eigenvalue weighted by Crippen LogP contribution is -2.31. The molecule has 2 rings (SSSR count). The van der Waals surface area contributed by atoms with Crippen molar-refractivity contribution in [3.63, 3.8) is 0 Å². The first-order chi connectivity index (χ1) is 8.09. The van der Waals surface area contributed by atoms with Gasteiger partial charge in [-0.15, -0.1) is 0 Å². The Morgan fingerprint density at radius 1 is 1.59 bits per heavy atom. The van der Waals surface area contributed by atoms with Crippen molar-refractivity contribution in [2.75, 3.05) is 6.54 Å². The fraction of sp³-hybridized carbons (Fsp3) is 0.417. The number of carbonyl (C=O) groups is 1. The van der Waals surface area contributed by atoms with Crippen molar-refractivity contribution in [1.29, 1.82) is 0 Å². The molecule has 0 aliphatic heterocycles. The molecule has 3 nitrogen and oxygen atoms in total. The van der Waals surface area contributed by atoms with Crippen LogP contribution in [0.15, 0.2) is 18.2 Å². The Morgan fingerprint density at radius 2 is 2.29 bits per heavy atom. The zero-order valence-electron chi connectivity index (χ0n) is 9.12. The van der Waals surface area contributed by atoms with E-state index in [2.05, 4.69) is 5.32 Å². The molecule has 0 spiro atoms. The standard InChI is InChI=1S/C12H13ClFNO2/c13-8-2-1-3-9(14)10(8)11(12(16)17)15-6-7-4-5-7/h1-3,7,11,15H,4-6H2,(H,16,17). The van der Waals surface area contributed by atoms with Crippen LogP contribution < -0.4 is 5.32 Å². The lowest BCUT2D eigenvalue weighted by molar-refractivity contribution is -0.139. The van der Waals surface area contributed by atoms with E-state index >= 15 is 0 Å². The highest BCUT2D eigenvalue weighted by atomic mass is 35.5. The molecule has 0 amide bonds. The first kappa shape index (κ1) is 12.3. The highest BCUT2D eigenvalue weighted by Crippen LogP contribution is 2.30. The second-order valence-corrected chi connectivity index (χ2v) is 4.67. The molecule has 1 aromatic rings. The van der Waals surface area contributed by atoms with Gasteiger partial charge in [-0.3, -0.25) is 4.79 Å². The van der Waals surface area contributed by atoms with Gasteiger partial charge >= 0.3 is 5.97 Å². The Hall–Kier alpha value is -1.13. The zero-order valence-corrected chi connectivity index (χ0v) is 9.88. The third-order valence-corrected chi connectivity index (χ3v) is 3.17. The maximum absolute atomic E-state index is 13.6. The van der Waals surface area contributed by atoms with E-state index < -0.39 is 17.8 Å². The third-order valence-electron chi connectivity index (χ3n) is 2.84. The first-order valence-corrected chi connectivity index (χ1v) is 5.87. The van der Waals surface area contributed by atoms with Gasteiger partial charge in [0.2, 0.25) is 0 Å². The molecule has 1 aromatic carbocycles. The number of hydrogen-bond acceptors (Lipinski definition) is 2. The molecular weight excluding hydrogens is 245 g/mol. The molecule has 1 aliphatic rings. The van der Waals surface area contributed by atoms with Crippen LogP contribution in [0, 0.1) is 11.7 Å². The van der Waals surface area contributed by atoms with Gasteiger partial charge < -0.3 is 10.4 Å². The summed E-state index contributed by atoms with van der Waals surface area (Å²) in [4.78, 5) is 11.1. The van der Waals surface area contributed by atoms with Crippen LogP contribution in [0.2, 0.25) is 5.02 Å². The number of rotatable bonds is 5. The van der Waals surface area contributed by atoms with Crippen LogP contribution in [0.4, 0.5) is 4.39 Å². The molecule has 1 unspecified atom stereocenters. The van der Waals surface area contributed by atoms with E-state index in [0.29, 0.717) is 12.5 Å². The number of halogens is 2. The molecule has 92 valence electrons. The summed E-state index contributed by atoms with van der Waals surface area (Å²) in [5.74, 6) is -1.19. The summed E-state index contributed by atoms with van der Waals surface area (Å²) < 4.78 is 13.6. The van der Waals surface area contributed by atoms with Gasteiger partial charge in [-0.05, 0) is 37.4 Å². The summed E-state index contributed by atoms with van der Waals surface area (Å²) in [6, 6.07) is 3.09. The largest absolute Gasteiger partial charge is 0.480 e. The van der Waals surface area contributed by atoms with Crippen LogP contribution >= 0.6 is 11.6 Å². The van der Waals surface area contributed by atoms with Gasteiger partial charge in [-0.1, -0.05) is 17.7 Å². The molecule has 5 heteroatoms. The second-order valence-electron chi connectivity index (χ2n) is 4.26. The Kier molecular flexibility index (Phi) is 3.64. The Bertz CT molecular complexity index is 414. The fourth-order valence-electron chi connectivity index (χ4n) is 1.71. The van der Waals surface area contributed by atoms with Crippen LogP contribution in [-0.2, 0) is 4.79 Å². The molecule has 0 radical (unpaired) electrons. The summed E-state index contributed by atoms with van der Waals surface area (Å²) in [6.45, 7) is 0.585. The first-order valence-electron chi connectivity index (χ1n) is 5.49. The normalized spacial score (nSPS) is 16.8. The summed E-state index contributed by atoms with van der Waals surface area (Å²) in [7, 11) is 0. The quantitative estimate of drug-likeness (QED) is 0.853. The van der Waals surface area contributed by atoms with Gasteiger partial charge in [-0.2, -0.15) is 0 Å². The SMILES string of the molecule is O=C(O)C(NCC1CC1)c1c(F)cccc1Cl. The summed E-state index contributed by atoms with van der Waals surface area (Å²) in [5.41, 5.74) is 0.0160. The van der Waals surface area contributed by atoms with Gasteiger partial charge in [0.15, 0.2) is 0 Å².